The van der Waals surface area contributed by atoms with Crippen molar-refractivity contribution in [2.45, 2.75) is 81.4 Å². The van der Waals surface area contributed by atoms with Crippen LogP contribution in [-0.4, -0.2) is 126 Å². The zero-order chi connectivity index (χ0) is 46.2. The molecule has 5 N–H and O–H groups in total. The Morgan fingerprint density at radius 2 is 1.79 bits per heavy atom. The number of fused-ring (bicyclic) bond motifs is 2. The van der Waals surface area contributed by atoms with E-state index < -0.39 is 73.0 Å². The summed E-state index contributed by atoms with van der Waals surface area (Å²) in [5, 5.41) is 8.92. The highest BCUT2D eigenvalue weighted by Crippen LogP contribution is 2.40. The smallest absolute Gasteiger partial charge is 0.311 e. The lowest BCUT2D eigenvalue weighted by Gasteiger charge is -2.32. The zero-order valence-corrected chi connectivity index (χ0v) is 38.8. The molecular formula is C41H55N7O12S3. The summed E-state index contributed by atoms with van der Waals surface area (Å²) in [4.78, 5) is 69.9. The van der Waals surface area contributed by atoms with E-state index in [1.165, 1.54) is 29.6 Å². The number of aromatic amines is 1. The number of hydrogen-bond acceptors (Lipinski definition) is 15. The van der Waals surface area contributed by atoms with Crippen molar-refractivity contribution in [3.05, 3.63) is 57.9 Å². The van der Waals surface area contributed by atoms with Gasteiger partial charge in [-0.1, -0.05) is 20.8 Å². The number of nitrogens with one attached hydrogen (secondary N) is 5. The molecule has 0 unspecified atom stereocenters. The molecule has 3 amide bonds. The van der Waals surface area contributed by atoms with E-state index in [0.717, 1.165) is 20.0 Å². The lowest BCUT2D eigenvalue weighted by atomic mass is 10.0. The summed E-state index contributed by atoms with van der Waals surface area (Å²) in [6.07, 6.45) is -0.527. The fourth-order valence-corrected chi connectivity index (χ4v) is 12.1. The average molecular weight is 934 g/mol. The second kappa shape index (κ2) is 21.1. The highest BCUT2D eigenvalue weighted by atomic mass is 32.3. The number of ether oxygens (including phenoxy) is 3. The van der Waals surface area contributed by atoms with Crippen molar-refractivity contribution in [3.63, 3.8) is 0 Å². The predicted molar refractivity (Wildman–Crippen MR) is 235 cm³/mol. The summed E-state index contributed by atoms with van der Waals surface area (Å²) in [6.45, 7) is 14.7. The van der Waals surface area contributed by atoms with Crippen LogP contribution in [0, 0.1) is 13.8 Å². The van der Waals surface area contributed by atoms with E-state index >= 15 is 0 Å². The first-order valence-electron chi connectivity index (χ1n) is 20.5. The number of nitrogens with zero attached hydrogens (tertiary/aromatic N) is 2. The van der Waals surface area contributed by atoms with Gasteiger partial charge in [0.25, 0.3) is 37.8 Å². The van der Waals surface area contributed by atoms with Gasteiger partial charge in [0.1, 0.15) is 14.2 Å². The van der Waals surface area contributed by atoms with Crippen molar-refractivity contribution < 1.29 is 55.0 Å². The Bertz CT molecular complexity index is 2480. The first-order valence-corrected chi connectivity index (χ1v) is 24.3. The van der Waals surface area contributed by atoms with Gasteiger partial charge in [-0.15, -0.1) is 11.3 Å². The number of H-pyrrole nitrogens is 1. The third-order valence-corrected chi connectivity index (χ3v) is 15.9. The van der Waals surface area contributed by atoms with Crippen LogP contribution < -0.4 is 25.4 Å². The Balaban J connectivity index is 1.17. The number of rotatable bonds is 21. The number of carbonyl (C=O) groups excluding carboxylic acids is 5. The van der Waals surface area contributed by atoms with Crippen LogP contribution >= 0.6 is 11.3 Å². The Morgan fingerprint density at radius 1 is 1.08 bits per heavy atom. The van der Waals surface area contributed by atoms with Gasteiger partial charge in [0.05, 0.1) is 24.0 Å². The molecule has 0 fully saturated rings. The number of amides is 3. The minimum Gasteiger partial charge on any atom is -0.452 e. The molecule has 3 aromatic rings. The maximum atomic E-state index is 13.4. The highest BCUT2D eigenvalue weighted by Gasteiger charge is 2.40. The number of aromatic nitrogens is 1. The normalized spacial score (nSPS) is 16.9. The van der Waals surface area contributed by atoms with Gasteiger partial charge in [-0.25, -0.2) is 21.6 Å². The van der Waals surface area contributed by atoms with Gasteiger partial charge in [-0.3, -0.25) is 24.0 Å². The first kappa shape index (κ1) is 49.1. The predicted octanol–water partition coefficient (Wildman–Crippen LogP) is 3.07. The molecule has 0 spiro atoms. The minimum absolute atomic E-state index is 0.0796. The first-order chi connectivity index (χ1) is 29.8. The van der Waals surface area contributed by atoms with Crippen LogP contribution in [0.15, 0.2) is 32.7 Å². The fraction of sp³-hybridized carbons (Fsp3) is 0.488. The van der Waals surface area contributed by atoms with E-state index in [1.807, 2.05) is 11.6 Å². The molecule has 0 aliphatic carbocycles. The zero-order valence-electron chi connectivity index (χ0n) is 36.3. The summed E-state index contributed by atoms with van der Waals surface area (Å²) < 4.78 is 71.7. The third kappa shape index (κ3) is 11.6. The molecule has 2 aliphatic rings. The Kier molecular flexibility index (Phi) is 16.5. The van der Waals surface area contributed by atoms with Crippen molar-refractivity contribution in [2.75, 3.05) is 64.8 Å². The molecule has 22 heteroatoms. The van der Waals surface area contributed by atoms with Crippen molar-refractivity contribution in [1.82, 2.24) is 29.5 Å². The summed E-state index contributed by atoms with van der Waals surface area (Å²) >= 11 is 0.513. The molecule has 63 heavy (non-hydrogen) atoms. The van der Waals surface area contributed by atoms with Gasteiger partial charge in [0.2, 0.25) is 0 Å². The molecule has 4 heterocycles. The second-order valence-corrected chi connectivity index (χ2v) is 20.0. The van der Waals surface area contributed by atoms with Crippen LogP contribution in [0.4, 0.5) is 5.69 Å². The largest absolute Gasteiger partial charge is 0.452 e. The van der Waals surface area contributed by atoms with Gasteiger partial charge in [-0.05, 0) is 82.7 Å². The molecule has 2 aliphatic heterocycles. The maximum Gasteiger partial charge on any atom is 0.311 e. The van der Waals surface area contributed by atoms with Crippen LogP contribution in [0.25, 0.3) is 11.6 Å². The number of anilines is 1. The molecule has 2 atom stereocenters. The number of hydrogen-bond donors (Lipinski definition) is 5. The Morgan fingerprint density at radius 3 is 2.48 bits per heavy atom. The monoisotopic (exact) mass is 933 g/mol. The number of thiophene rings is 1. The van der Waals surface area contributed by atoms with Gasteiger partial charge < -0.3 is 40.0 Å². The Labute approximate surface area is 371 Å². The average Bonchev–Trinajstić information content (AvgIpc) is 3.91. The van der Waals surface area contributed by atoms with E-state index in [4.69, 9.17) is 14.2 Å². The molecule has 19 nitrogen and oxygen atoms in total. The molecule has 344 valence electrons. The maximum absolute atomic E-state index is 13.4. The summed E-state index contributed by atoms with van der Waals surface area (Å²) in [6, 6.07) is 5.24. The van der Waals surface area contributed by atoms with Crippen LogP contribution in [-0.2, 0) is 48.7 Å². The third-order valence-electron chi connectivity index (χ3n) is 10.6. The van der Waals surface area contributed by atoms with Crippen LogP contribution in [0.2, 0.25) is 0 Å². The fourth-order valence-electron chi connectivity index (χ4n) is 7.17. The lowest BCUT2D eigenvalue weighted by Crippen LogP contribution is -2.43. The number of benzene rings is 1. The van der Waals surface area contributed by atoms with E-state index in [-0.39, 0.29) is 40.1 Å². The summed E-state index contributed by atoms with van der Waals surface area (Å²) in [5.41, 5.74) is 3.78. The highest BCUT2D eigenvalue weighted by molar-refractivity contribution is 7.94. The van der Waals surface area contributed by atoms with Gasteiger partial charge >= 0.3 is 11.9 Å². The standard InChI is InChI=1S/C41H55N7O12S3/c1-8-42-33-23-48(17-11-19-58-7)63(56,57)41-30(33)22-36(61-41)62(54,55)46-38(51)26(6)59-34(49)14-15-35(50)60-27-12-13-31-28(20-27)29(39(52)45-31)21-32-24(4)37(25(5)44-32)40(53)43-16-18-47(9-2)10-3/h12-13,20-22,26,33,42,44H,8-11,14-19,23H2,1-7H3,(H,43,53)(H,45,52)(H,46,51)/b29-21-/t26-,33-/m0/s1. The number of esters is 2. The van der Waals surface area contributed by atoms with Gasteiger partial charge in [-0.2, -0.15) is 4.31 Å². The second-order valence-electron chi connectivity index (χ2n) is 14.9. The molecule has 1 aromatic carbocycles. The molecule has 2 aromatic heterocycles. The quantitative estimate of drug-likeness (QED) is 0.0446. The minimum atomic E-state index is -4.59. The van der Waals surface area contributed by atoms with Crippen molar-refractivity contribution >= 4 is 78.4 Å². The molecule has 0 saturated heterocycles. The summed E-state index contributed by atoms with van der Waals surface area (Å²) in [7, 11) is -7.12. The van der Waals surface area contributed by atoms with Gasteiger partial charge in [0, 0.05) is 74.1 Å². The Hall–Kier alpha value is -4.97. The number of likely N-dealkylation sites (N-methyl/N-ethyl adjacent to an activating group) is 2. The number of methoxy groups -OCH3 is 1. The van der Waals surface area contributed by atoms with Crippen molar-refractivity contribution in [3.8, 4) is 5.75 Å². The van der Waals surface area contributed by atoms with E-state index in [0.29, 0.717) is 77.8 Å². The molecule has 0 bridgehead atoms. The molecular weight excluding hydrogens is 879 g/mol. The van der Waals surface area contributed by atoms with E-state index in [9.17, 15) is 40.8 Å². The molecule has 0 radical (unpaired) electrons. The lowest BCUT2D eigenvalue weighted by molar-refractivity contribution is -0.155. The van der Waals surface area contributed by atoms with E-state index in [1.54, 1.807) is 26.0 Å². The van der Waals surface area contributed by atoms with Crippen LogP contribution in [0.1, 0.15) is 91.4 Å². The topological polar surface area (TPSA) is 252 Å². The van der Waals surface area contributed by atoms with Crippen molar-refractivity contribution in [1.29, 1.82) is 0 Å². The van der Waals surface area contributed by atoms with Crippen molar-refractivity contribution in [2.24, 2.45) is 0 Å². The van der Waals surface area contributed by atoms with E-state index in [2.05, 4.69) is 39.7 Å². The van der Waals surface area contributed by atoms with Crippen LogP contribution in [0.3, 0.4) is 0 Å². The number of aryl methyl sites for hydroxylation is 1. The van der Waals surface area contributed by atoms with Gasteiger partial charge in [0.15, 0.2) is 6.10 Å². The molecule has 5 rings (SSSR count). The summed E-state index contributed by atoms with van der Waals surface area (Å²) in [5.74, 6) is -3.56. The SMILES string of the molecule is CCN[C@H]1CN(CCCOC)S(=O)(=O)c2sc(S(=O)(=O)NC(=O)[C@H](C)OC(=O)CCC(=O)Oc3ccc4c(c3)/C(=C/c3[nH]c(C)c(C(=O)NCCN(CC)CC)c3C)C(=O)N4)cc21. The number of sulfonamides is 2. The molecule has 0 saturated carbocycles. The van der Waals surface area contributed by atoms with Crippen LogP contribution in [0.5, 0.6) is 5.75 Å². The number of carbonyl (C=O) groups is 5.